The molecule has 0 fully saturated rings. The Morgan fingerprint density at radius 2 is 1.97 bits per heavy atom. The average Bonchev–Trinajstić information content (AvgIpc) is 3.11. The first-order valence-corrected chi connectivity index (χ1v) is 10.2. The fourth-order valence-corrected chi connectivity index (χ4v) is 3.45. The van der Waals surface area contributed by atoms with Gasteiger partial charge in [0.25, 0.3) is 5.56 Å². The van der Waals surface area contributed by atoms with E-state index in [0.29, 0.717) is 24.8 Å². The maximum atomic E-state index is 12.6. The molecular formula is C21H29N5O4. The van der Waals surface area contributed by atoms with Crippen LogP contribution in [-0.4, -0.2) is 50.0 Å². The van der Waals surface area contributed by atoms with Crippen molar-refractivity contribution in [1.82, 2.24) is 19.1 Å². The number of fused-ring (bicyclic) bond motifs is 1. The van der Waals surface area contributed by atoms with Gasteiger partial charge in [-0.15, -0.1) is 0 Å². The molecule has 30 heavy (non-hydrogen) atoms. The summed E-state index contributed by atoms with van der Waals surface area (Å²) in [7, 11) is 1.56. The summed E-state index contributed by atoms with van der Waals surface area (Å²) in [6, 6.07) is 7.73. The number of H-pyrrole nitrogens is 1. The molecule has 2 heterocycles. The highest BCUT2D eigenvalue weighted by molar-refractivity contribution is 5.74. The van der Waals surface area contributed by atoms with Crippen LogP contribution < -0.4 is 20.9 Å². The van der Waals surface area contributed by atoms with Crippen LogP contribution in [0.15, 0.2) is 33.9 Å². The van der Waals surface area contributed by atoms with Crippen molar-refractivity contribution in [3.05, 3.63) is 50.7 Å². The molecule has 0 aliphatic heterocycles. The number of anilines is 1. The molecule has 2 aromatic heterocycles. The molecule has 162 valence electrons. The molecule has 0 spiro atoms. The van der Waals surface area contributed by atoms with Crippen molar-refractivity contribution in [3.8, 4) is 5.75 Å². The summed E-state index contributed by atoms with van der Waals surface area (Å²) in [5, 5.41) is 10.7. The first kappa shape index (κ1) is 21.6. The second-order valence-electron chi connectivity index (χ2n) is 7.15. The van der Waals surface area contributed by atoms with Crippen LogP contribution in [0.1, 0.15) is 26.3 Å². The summed E-state index contributed by atoms with van der Waals surface area (Å²) in [5.41, 5.74) is 0.644. The number of aromatic amines is 1. The van der Waals surface area contributed by atoms with Gasteiger partial charge in [0.2, 0.25) is 5.95 Å². The fourth-order valence-electron chi connectivity index (χ4n) is 3.45. The second-order valence-corrected chi connectivity index (χ2v) is 7.15. The van der Waals surface area contributed by atoms with Gasteiger partial charge in [-0.2, -0.15) is 4.98 Å². The average molecular weight is 415 g/mol. The molecule has 1 aromatic carbocycles. The summed E-state index contributed by atoms with van der Waals surface area (Å²) < 4.78 is 8.73. The Morgan fingerprint density at radius 3 is 2.63 bits per heavy atom. The van der Waals surface area contributed by atoms with Gasteiger partial charge in [-0.3, -0.25) is 14.3 Å². The number of imidazole rings is 1. The molecule has 0 saturated heterocycles. The number of aliphatic hydroxyl groups excluding tert-OH is 1. The number of benzene rings is 1. The molecule has 0 aliphatic rings. The van der Waals surface area contributed by atoms with Crippen LogP contribution in [0.4, 0.5) is 5.95 Å². The monoisotopic (exact) mass is 415 g/mol. The zero-order chi connectivity index (χ0) is 21.8. The van der Waals surface area contributed by atoms with Crippen LogP contribution in [0.25, 0.3) is 11.2 Å². The molecule has 3 aromatic rings. The predicted octanol–water partition coefficient (Wildman–Crippen LogP) is 1.27. The van der Waals surface area contributed by atoms with Gasteiger partial charge >= 0.3 is 5.69 Å². The van der Waals surface area contributed by atoms with E-state index in [1.807, 2.05) is 43.0 Å². The Balaban J connectivity index is 1.93. The van der Waals surface area contributed by atoms with Crippen LogP contribution >= 0.6 is 0 Å². The number of aryl methyl sites for hydroxylation is 2. The highest BCUT2D eigenvalue weighted by atomic mass is 16.5. The lowest BCUT2D eigenvalue weighted by Gasteiger charge is -2.22. The van der Waals surface area contributed by atoms with E-state index in [-0.39, 0.29) is 24.3 Å². The summed E-state index contributed by atoms with van der Waals surface area (Å²) in [6.07, 6.45) is 0.0221. The Labute approximate surface area is 174 Å². The highest BCUT2D eigenvalue weighted by Gasteiger charge is 2.22. The Morgan fingerprint density at radius 1 is 1.23 bits per heavy atom. The third kappa shape index (κ3) is 4.25. The van der Waals surface area contributed by atoms with E-state index in [9.17, 15) is 14.7 Å². The quantitative estimate of drug-likeness (QED) is 0.545. The number of rotatable bonds is 9. The Hall–Kier alpha value is -3.07. The van der Waals surface area contributed by atoms with Crippen molar-refractivity contribution >= 4 is 17.1 Å². The molecule has 3 rings (SSSR count). The van der Waals surface area contributed by atoms with Gasteiger partial charge < -0.3 is 19.3 Å². The lowest BCUT2D eigenvalue weighted by molar-refractivity contribution is 0.0936. The van der Waals surface area contributed by atoms with E-state index in [1.165, 1.54) is 4.57 Å². The molecule has 0 bridgehead atoms. The maximum Gasteiger partial charge on any atom is 0.329 e. The summed E-state index contributed by atoms with van der Waals surface area (Å²) >= 11 is 0. The van der Waals surface area contributed by atoms with Crippen LogP contribution in [0, 0.1) is 0 Å². The Bertz CT molecular complexity index is 1130. The molecular weight excluding hydrogens is 386 g/mol. The van der Waals surface area contributed by atoms with Crippen molar-refractivity contribution in [1.29, 1.82) is 0 Å². The fraction of sp³-hybridized carbons (Fsp3) is 0.476. The molecule has 0 saturated carbocycles. The van der Waals surface area contributed by atoms with Crippen LogP contribution in [0.2, 0.25) is 0 Å². The smallest absolute Gasteiger partial charge is 0.329 e. The predicted molar refractivity (Wildman–Crippen MR) is 116 cm³/mol. The highest BCUT2D eigenvalue weighted by Crippen LogP contribution is 2.20. The first-order valence-electron chi connectivity index (χ1n) is 10.2. The lowest BCUT2D eigenvalue weighted by Crippen LogP contribution is -2.32. The number of aliphatic hydroxyl groups is 1. The molecule has 1 atom stereocenters. The molecule has 1 unspecified atom stereocenters. The standard InChI is InChI=1S/C21H29N5O4/c1-5-14-9-8-10-16(11-14)30-13-15(27)12-26-17-18(22-20(26)25(6-2)7-3)24(4)21(29)23-19(17)28/h8-11,15,27H,5-7,12-13H2,1-4H3,(H,23,28,29). The first-order chi connectivity index (χ1) is 14.4. The minimum atomic E-state index is -0.876. The van der Waals surface area contributed by atoms with Crippen LogP contribution in [-0.2, 0) is 20.0 Å². The zero-order valence-electron chi connectivity index (χ0n) is 17.9. The van der Waals surface area contributed by atoms with Gasteiger partial charge in [0.15, 0.2) is 11.2 Å². The third-order valence-corrected chi connectivity index (χ3v) is 5.18. The molecule has 0 radical (unpaired) electrons. The second kappa shape index (κ2) is 9.17. The van der Waals surface area contributed by atoms with Gasteiger partial charge in [-0.1, -0.05) is 19.1 Å². The van der Waals surface area contributed by atoms with Gasteiger partial charge in [-0.05, 0) is 38.0 Å². The summed E-state index contributed by atoms with van der Waals surface area (Å²) in [6.45, 7) is 7.54. The van der Waals surface area contributed by atoms with Gasteiger partial charge in [0, 0.05) is 20.1 Å². The van der Waals surface area contributed by atoms with Crippen molar-refractivity contribution in [2.24, 2.45) is 7.05 Å². The minimum absolute atomic E-state index is 0.0637. The molecule has 0 aliphatic carbocycles. The van der Waals surface area contributed by atoms with E-state index < -0.39 is 17.4 Å². The third-order valence-electron chi connectivity index (χ3n) is 5.18. The number of aromatic nitrogens is 4. The Kier molecular flexibility index (Phi) is 6.61. The number of ether oxygens (including phenoxy) is 1. The van der Waals surface area contributed by atoms with Crippen molar-refractivity contribution in [3.63, 3.8) is 0 Å². The van der Waals surface area contributed by atoms with E-state index in [2.05, 4.69) is 16.9 Å². The van der Waals surface area contributed by atoms with E-state index in [0.717, 1.165) is 12.0 Å². The molecule has 9 nitrogen and oxygen atoms in total. The summed E-state index contributed by atoms with van der Waals surface area (Å²) in [5.74, 6) is 1.22. The normalized spacial score (nSPS) is 12.3. The molecule has 0 amide bonds. The molecule has 9 heteroatoms. The van der Waals surface area contributed by atoms with Crippen molar-refractivity contribution in [2.45, 2.75) is 39.8 Å². The number of hydrogen-bond donors (Lipinski definition) is 2. The molecule has 2 N–H and O–H groups in total. The van der Waals surface area contributed by atoms with Crippen molar-refractivity contribution < 1.29 is 9.84 Å². The summed E-state index contributed by atoms with van der Waals surface area (Å²) in [4.78, 5) is 33.4. The van der Waals surface area contributed by atoms with Gasteiger partial charge in [-0.25, -0.2) is 4.79 Å². The van der Waals surface area contributed by atoms with E-state index in [4.69, 9.17) is 4.74 Å². The van der Waals surface area contributed by atoms with Gasteiger partial charge in [0.05, 0.1) is 6.54 Å². The van der Waals surface area contributed by atoms with Crippen molar-refractivity contribution in [2.75, 3.05) is 24.6 Å². The largest absolute Gasteiger partial charge is 0.491 e. The van der Waals surface area contributed by atoms with E-state index >= 15 is 0 Å². The number of hydrogen-bond acceptors (Lipinski definition) is 6. The van der Waals surface area contributed by atoms with Crippen LogP contribution in [0.3, 0.4) is 0 Å². The zero-order valence-corrected chi connectivity index (χ0v) is 17.9. The number of nitrogens with zero attached hydrogens (tertiary/aromatic N) is 4. The topological polar surface area (TPSA) is 105 Å². The number of nitrogens with one attached hydrogen (secondary N) is 1. The SMILES string of the molecule is CCc1cccc(OCC(O)Cn2c(N(CC)CC)nc3c2c(=O)[nH]c(=O)n3C)c1. The van der Waals surface area contributed by atoms with E-state index in [1.54, 1.807) is 11.6 Å². The maximum absolute atomic E-state index is 12.6. The minimum Gasteiger partial charge on any atom is -0.491 e. The van der Waals surface area contributed by atoms with Crippen LogP contribution in [0.5, 0.6) is 5.75 Å². The van der Waals surface area contributed by atoms with Gasteiger partial charge in [0.1, 0.15) is 18.5 Å². The lowest BCUT2D eigenvalue weighted by atomic mass is 10.2.